The average Bonchev–Trinajstić information content (AvgIpc) is 3.00. The molecule has 0 spiro atoms. The van der Waals surface area contributed by atoms with Crippen LogP contribution in [0.2, 0.25) is 10.2 Å². The highest BCUT2D eigenvalue weighted by Gasteiger charge is 2.37. The first-order chi connectivity index (χ1) is 19.5. The zero-order chi connectivity index (χ0) is 28.0. The number of aromatic nitrogens is 1. The summed E-state index contributed by atoms with van der Waals surface area (Å²) in [5.74, 6) is -0.535. The number of carbonyl (C=O) groups excluding carboxylic acids is 1. The van der Waals surface area contributed by atoms with Crippen molar-refractivity contribution in [3.63, 3.8) is 0 Å². The van der Waals surface area contributed by atoms with Crippen molar-refractivity contribution in [2.24, 2.45) is 0 Å². The average molecular weight is 566 g/mol. The molecular weight excluding hydrogens is 539 g/mol. The van der Waals surface area contributed by atoms with Crippen LogP contribution < -0.4 is 10.6 Å². The van der Waals surface area contributed by atoms with Gasteiger partial charge in [0.1, 0.15) is 16.4 Å². The number of pyridine rings is 1. The van der Waals surface area contributed by atoms with E-state index in [0.29, 0.717) is 16.3 Å². The second-order valence-electron chi connectivity index (χ2n) is 9.21. The van der Waals surface area contributed by atoms with E-state index in [4.69, 9.17) is 28.6 Å². The zero-order valence-electron chi connectivity index (χ0n) is 21.4. The summed E-state index contributed by atoms with van der Waals surface area (Å²) in [6.07, 6.45) is 1.46. The Hall–Kier alpha value is -4.45. The molecule has 198 valence electrons. The van der Waals surface area contributed by atoms with Crippen molar-refractivity contribution in [3.05, 3.63) is 166 Å². The molecule has 0 unspecified atom stereocenters. The molecule has 1 aromatic heterocycles. The molecule has 0 radical (unpaired) electrons. The normalized spacial score (nSPS) is 11.1. The van der Waals surface area contributed by atoms with Crippen LogP contribution in [0.25, 0.3) is 0 Å². The van der Waals surface area contributed by atoms with Gasteiger partial charge in [-0.05, 0) is 40.5 Å². The predicted octanol–water partition coefficient (Wildman–Crippen LogP) is 7.48. The Bertz CT molecular complexity index is 1510. The Balaban J connectivity index is 1.58. The van der Waals surface area contributed by atoms with Gasteiger partial charge in [0, 0.05) is 29.0 Å². The number of carbonyl (C=O) groups is 1. The van der Waals surface area contributed by atoms with E-state index in [-0.39, 0.29) is 17.4 Å². The van der Waals surface area contributed by atoms with Gasteiger partial charge >= 0.3 is 0 Å². The molecule has 40 heavy (non-hydrogen) atoms. The summed E-state index contributed by atoms with van der Waals surface area (Å²) in [5.41, 5.74) is 3.52. The van der Waals surface area contributed by atoms with Crippen molar-refractivity contribution in [3.8, 4) is 0 Å². The van der Waals surface area contributed by atoms with Crippen LogP contribution in [0.4, 0.5) is 5.69 Å². The summed E-state index contributed by atoms with van der Waals surface area (Å²) in [5, 5.41) is 16.2. The third-order valence-electron chi connectivity index (χ3n) is 6.68. The van der Waals surface area contributed by atoms with Gasteiger partial charge in [-0.3, -0.25) is 10.2 Å². The van der Waals surface area contributed by atoms with Gasteiger partial charge in [0.2, 0.25) is 0 Å². The number of nitrogens with zero attached hydrogens (tertiary/aromatic N) is 1. The van der Waals surface area contributed by atoms with Gasteiger partial charge in [0.25, 0.3) is 5.91 Å². The third kappa shape index (κ3) is 5.76. The molecule has 0 fully saturated rings. The highest BCUT2D eigenvalue weighted by molar-refractivity contribution is 6.45. The molecule has 0 atom stereocenters. The number of benzene rings is 4. The summed E-state index contributed by atoms with van der Waals surface area (Å²) in [4.78, 5) is 17.4. The number of hydrogen-bond donors (Lipinski definition) is 3. The van der Waals surface area contributed by atoms with Crippen molar-refractivity contribution >= 4 is 40.5 Å². The molecule has 0 aliphatic carbocycles. The molecule has 1 heterocycles. The molecule has 7 heteroatoms. The second kappa shape index (κ2) is 12.2. The number of hydrogen-bond acceptors (Lipinski definition) is 4. The first-order valence-corrected chi connectivity index (χ1v) is 13.4. The number of rotatable bonds is 9. The summed E-state index contributed by atoms with van der Waals surface area (Å²) in [7, 11) is 0. The SMILES string of the molecule is N=C(C(=O)NCc1ccc(Cl)cc1)c1cnc(Cl)cc1NC(c1ccccc1)(c1ccccc1)c1ccccc1. The summed E-state index contributed by atoms with van der Waals surface area (Å²) < 4.78 is 0. The molecule has 0 bridgehead atoms. The highest BCUT2D eigenvalue weighted by atomic mass is 35.5. The van der Waals surface area contributed by atoms with Crippen molar-refractivity contribution in [2.75, 3.05) is 5.32 Å². The number of anilines is 1. The quantitative estimate of drug-likeness (QED) is 0.0986. The van der Waals surface area contributed by atoms with Crippen LogP contribution in [-0.2, 0) is 16.9 Å². The van der Waals surface area contributed by atoms with Crippen molar-refractivity contribution < 1.29 is 4.79 Å². The first kappa shape index (κ1) is 27.1. The molecule has 4 aromatic carbocycles. The first-order valence-electron chi connectivity index (χ1n) is 12.7. The number of amides is 1. The molecule has 0 aliphatic heterocycles. The van der Waals surface area contributed by atoms with E-state index in [2.05, 4.69) is 52.0 Å². The van der Waals surface area contributed by atoms with Crippen LogP contribution in [0.15, 0.2) is 128 Å². The van der Waals surface area contributed by atoms with E-state index in [9.17, 15) is 4.79 Å². The van der Waals surface area contributed by atoms with Crippen molar-refractivity contribution in [1.29, 1.82) is 5.41 Å². The lowest BCUT2D eigenvalue weighted by Gasteiger charge is -2.38. The molecular formula is C33H26Cl2N4O. The molecule has 5 aromatic rings. The minimum absolute atomic E-state index is 0.233. The number of halogens is 2. The highest BCUT2D eigenvalue weighted by Crippen LogP contribution is 2.41. The molecule has 3 N–H and O–H groups in total. The van der Waals surface area contributed by atoms with Gasteiger partial charge in [0.15, 0.2) is 0 Å². The maximum absolute atomic E-state index is 13.1. The van der Waals surface area contributed by atoms with Crippen LogP contribution in [0, 0.1) is 5.41 Å². The topological polar surface area (TPSA) is 77.9 Å². The lowest BCUT2D eigenvalue weighted by molar-refractivity contribution is -0.114. The van der Waals surface area contributed by atoms with Gasteiger partial charge in [-0.25, -0.2) is 4.98 Å². The van der Waals surface area contributed by atoms with E-state index in [1.54, 1.807) is 18.2 Å². The van der Waals surface area contributed by atoms with E-state index >= 15 is 0 Å². The Kier molecular flexibility index (Phi) is 8.25. The molecule has 5 rings (SSSR count). The van der Waals surface area contributed by atoms with Gasteiger partial charge in [-0.1, -0.05) is 126 Å². The Labute approximate surface area is 243 Å². The smallest absolute Gasteiger partial charge is 0.270 e. The second-order valence-corrected chi connectivity index (χ2v) is 10.0. The molecule has 0 saturated carbocycles. The van der Waals surface area contributed by atoms with Crippen molar-refractivity contribution in [1.82, 2.24) is 10.3 Å². The third-order valence-corrected chi connectivity index (χ3v) is 7.13. The minimum atomic E-state index is -0.872. The zero-order valence-corrected chi connectivity index (χ0v) is 23.0. The fourth-order valence-electron chi connectivity index (χ4n) is 4.71. The Morgan fingerprint density at radius 2 is 1.25 bits per heavy atom. The monoisotopic (exact) mass is 564 g/mol. The summed E-state index contributed by atoms with van der Waals surface area (Å²) in [6.45, 7) is 0.254. The van der Waals surface area contributed by atoms with Crippen LogP contribution in [0.1, 0.15) is 27.8 Å². The van der Waals surface area contributed by atoms with Crippen LogP contribution in [0.5, 0.6) is 0 Å². The van der Waals surface area contributed by atoms with Crippen LogP contribution in [-0.4, -0.2) is 16.6 Å². The summed E-state index contributed by atoms with van der Waals surface area (Å²) >= 11 is 12.4. The minimum Gasteiger partial charge on any atom is -0.367 e. The molecule has 5 nitrogen and oxygen atoms in total. The van der Waals surface area contributed by atoms with Gasteiger partial charge < -0.3 is 10.6 Å². The van der Waals surface area contributed by atoms with Crippen molar-refractivity contribution in [2.45, 2.75) is 12.1 Å². The molecule has 0 aliphatic rings. The lowest BCUT2D eigenvalue weighted by atomic mass is 9.76. The Morgan fingerprint density at radius 1 is 0.750 bits per heavy atom. The largest absolute Gasteiger partial charge is 0.367 e. The fourth-order valence-corrected chi connectivity index (χ4v) is 4.99. The van der Waals surface area contributed by atoms with Gasteiger partial charge in [0.05, 0.1) is 0 Å². The molecule has 1 amide bonds. The Morgan fingerprint density at radius 3 is 1.75 bits per heavy atom. The lowest BCUT2D eigenvalue weighted by Crippen LogP contribution is -2.39. The number of nitrogens with one attached hydrogen (secondary N) is 3. The van der Waals surface area contributed by atoms with E-state index in [0.717, 1.165) is 22.3 Å². The van der Waals surface area contributed by atoms with Crippen LogP contribution in [0.3, 0.4) is 0 Å². The maximum Gasteiger partial charge on any atom is 0.270 e. The molecule has 0 saturated heterocycles. The van der Waals surface area contributed by atoms with Gasteiger partial charge in [-0.15, -0.1) is 0 Å². The van der Waals surface area contributed by atoms with E-state index in [1.165, 1.54) is 6.20 Å². The van der Waals surface area contributed by atoms with E-state index < -0.39 is 11.4 Å². The van der Waals surface area contributed by atoms with E-state index in [1.807, 2.05) is 66.7 Å². The maximum atomic E-state index is 13.1. The fraction of sp³-hybridized carbons (Fsp3) is 0.0606. The van der Waals surface area contributed by atoms with Gasteiger partial charge in [-0.2, -0.15) is 0 Å². The van der Waals surface area contributed by atoms with Crippen LogP contribution >= 0.6 is 23.2 Å². The predicted molar refractivity (Wildman–Crippen MR) is 162 cm³/mol. The summed E-state index contributed by atoms with van der Waals surface area (Å²) in [6, 6.07) is 39.0. The standard InChI is InChI=1S/C33H26Cl2N4O/c34-27-18-16-23(17-19-27)21-38-32(40)31(36)28-22-37-30(35)20-29(28)39-33(24-10-4-1-5-11-24,25-12-6-2-7-13-25)26-14-8-3-9-15-26/h1-20,22,36H,21H2,(H,37,39)(H,38,40).